The molecule has 5 atom stereocenters. The quantitative estimate of drug-likeness (QED) is 0.324. The number of hydrogen-bond acceptors (Lipinski definition) is 6. The second kappa shape index (κ2) is 7.07. The first-order valence-corrected chi connectivity index (χ1v) is 14.6. The van der Waals surface area contributed by atoms with Gasteiger partial charge in [0.15, 0.2) is 11.5 Å². The van der Waals surface area contributed by atoms with Crippen LogP contribution in [0.15, 0.2) is 12.7 Å². The Hall–Kier alpha value is -2.06. The molecule has 0 amide bonds. The summed E-state index contributed by atoms with van der Waals surface area (Å²) in [7, 11) is 0. The molecule has 36 heavy (non-hydrogen) atoms. The number of nitrogens with zero attached hydrogens (tertiary/aromatic N) is 7. The molecule has 7 nitrogen and oxygen atoms in total. The molecule has 5 aliphatic rings. The second-order valence-corrected chi connectivity index (χ2v) is 14.8. The molecule has 9 heteroatoms. The third kappa shape index (κ3) is 3.00. The summed E-state index contributed by atoms with van der Waals surface area (Å²) in [6.45, 7) is 7.13. The third-order valence-corrected chi connectivity index (χ3v) is 11.4. The van der Waals surface area contributed by atoms with Crippen LogP contribution in [0.5, 0.6) is 0 Å². The lowest BCUT2D eigenvalue weighted by Gasteiger charge is -2.60. The van der Waals surface area contributed by atoms with E-state index in [0.717, 1.165) is 54.3 Å². The van der Waals surface area contributed by atoms with Gasteiger partial charge in [0, 0.05) is 10.3 Å². The summed E-state index contributed by atoms with van der Waals surface area (Å²) in [6, 6.07) is 0. The highest BCUT2D eigenvalue weighted by atomic mass is 35.5. The van der Waals surface area contributed by atoms with Gasteiger partial charge in [-0.25, -0.2) is 24.1 Å². The predicted octanol–water partition coefficient (Wildman–Crippen LogP) is 5.98. The lowest BCUT2D eigenvalue weighted by molar-refractivity contribution is -0.0715. The standard InChI is InChI=1S/C27H32ClN7S/c1-25(2,3)17-4-5-18-19(7-17)36-22-20(18)21-31-23(32-34(21)13-29-22)26-8-15-6-16(9-26)11-27(10-15,12-26)35-14-30-24(28)33-35/h13-17H,4-12H2,1-3H3/t15-,16+,17-,26?,27?/m0/s1. The Morgan fingerprint density at radius 2 is 1.86 bits per heavy atom. The van der Waals surface area contributed by atoms with Gasteiger partial charge in [-0.1, -0.05) is 20.8 Å². The summed E-state index contributed by atoms with van der Waals surface area (Å²) in [6.07, 6.45) is 14.3. The third-order valence-electron chi connectivity index (χ3n) is 10.1. The first-order valence-electron chi connectivity index (χ1n) is 13.5. The fourth-order valence-corrected chi connectivity index (χ4v) is 10.1. The van der Waals surface area contributed by atoms with Crippen LogP contribution in [0.1, 0.15) is 82.0 Å². The van der Waals surface area contributed by atoms with Gasteiger partial charge in [-0.3, -0.25) is 0 Å². The Balaban J connectivity index is 1.24. The summed E-state index contributed by atoms with van der Waals surface area (Å²) >= 11 is 8.04. The van der Waals surface area contributed by atoms with Gasteiger partial charge in [0.25, 0.3) is 0 Å². The van der Waals surface area contributed by atoms with E-state index in [-0.39, 0.29) is 11.0 Å². The van der Waals surface area contributed by atoms with E-state index in [1.54, 1.807) is 0 Å². The lowest BCUT2D eigenvalue weighted by Crippen LogP contribution is -2.58. The molecule has 9 rings (SSSR count). The first kappa shape index (κ1) is 22.0. The van der Waals surface area contributed by atoms with E-state index in [2.05, 4.69) is 35.5 Å². The van der Waals surface area contributed by atoms with Crippen molar-refractivity contribution in [3.05, 3.63) is 34.2 Å². The van der Waals surface area contributed by atoms with Crippen molar-refractivity contribution in [1.29, 1.82) is 0 Å². The lowest BCUT2D eigenvalue weighted by atomic mass is 9.46. The zero-order valence-corrected chi connectivity index (χ0v) is 22.7. The van der Waals surface area contributed by atoms with E-state index in [1.807, 2.05) is 28.5 Å². The Morgan fingerprint density at radius 1 is 1.06 bits per heavy atom. The van der Waals surface area contributed by atoms with Gasteiger partial charge in [-0.2, -0.15) is 0 Å². The van der Waals surface area contributed by atoms with Crippen molar-refractivity contribution in [2.24, 2.45) is 23.2 Å². The number of hydrogen-bond donors (Lipinski definition) is 0. The van der Waals surface area contributed by atoms with Gasteiger partial charge in [0.05, 0.1) is 10.9 Å². The number of fused-ring (bicyclic) bond motifs is 5. The maximum Gasteiger partial charge on any atom is 0.242 e. The number of aromatic nitrogens is 7. The van der Waals surface area contributed by atoms with Gasteiger partial charge < -0.3 is 0 Å². The van der Waals surface area contributed by atoms with Crippen LogP contribution < -0.4 is 0 Å². The molecule has 0 radical (unpaired) electrons. The molecule has 4 bridgehead atoms. The van der Waals surface area contributed by atoms with Crippen molar-refractivity contribution >= 4 is 38.8 Å². The van der Waals surface area contributed by atoms with E-state index in [9.17, 15) is 0 Å². The van der Waals surface area contributed by atoms with Crippen LogP contribution in [0.25, 0.3) is 15.9 Å². The molecule has 0 spiro atoms. The molecule has 0 aliphatic heterocycles. The Kier molecular flexibility index (Phi) is 4.32. The van der Waals surface area contributed by atoms with Crippen molar-refractivity contribution in [2.45, 2.75) is 89.5 Å². The van der Waals surface area contributed by atoms with Crippen LogP contribution in [-0.2, 0) is 23.8 Å². The Bertz CT molecular complexity index is 1510. The van der Waals surface area contributed by atoms with Crippen LogP contribution in [0.4, 0.5) is 0 Å². The maximum atomic E-state index is 6.17. The monoisotopic (exact) mass is 521 g/mol. The zero-order chi connectivity index (χ0) is 24.4. The number of aryl methyl sites for hydroxylation is 1. The van der Waals surface area contributed by atoms with Crippen LogP contribution in [0.3, 0.4) is 0 Å². The van der Waals surface area contributed by atoms with Crippen molar-refractivity contribution in [1.82, 2.24) is 34.3 Å². The highest BCUT2D eigenvalue weighted by molar-refractivity contribution is 7.19. The van der Waals surface area contributed by atoms with Gasteiger partial charge in [-0.15, -0.1) is 21.5 Å². The minimum absolute atomic E-state index is 0.00569. The summed E-state index contributed by atoms with van der Waals surface area (Å²) < 4.78 is 4.05. The largest absolute Gasteiger partial charge is 0.245 e. The highest BCUT2D eigenvalue weighted by Gasteiger charge is 2.61. The van der Waals surface area contributed by atoms with E-state index >= 15 is 0 Å². The van der Waals surface area contributed by atoms with Crippen molar-refractivity contribution < 1.29 is 0 Å². The molecule has 2 unspecified atom stereocenters. The normalized spacial score (nSPS) is 33.6. The summed E-state index contributed by atoms with van der Waals surface area (Å²) in [5, 5.41) is 11.3. The molecule has 4 fully saturated rings. The Morgan fingerprint density at radius 3 is 2.58 bits per heavy atom. The molecule has 5 aliphatic carbocycles. The second-order valence-electron chi connectivity index (χ2n) is 13.4. The van der Waals surface area contributed by atoms with Crippen molar-refractivity contribution in [3.8, 4) is 0 Å². The van der Waals surface area contributed by atoms with E-state index in [0.29, 0.717) is 22.5 Å². The van der Waals surface area contributed by atoms with Crippen molar-refractivity contribution in [2.75, 3.05) is 0 Å². The molecular formula is C27H32ClN7S. The van der Waals surface area contributed by atoms with Gasteiger partial charge in [-0.05, 0) is 98.1 Å². The van der Waals surface area contributed by atoms with Crippen molar-refractivity contribution in [3.63, 3.8) is 0 Å². The van der Waals surface area contributed by atoms with E-state index in [1.165, 1.54) is 41.5 Å². The van der Waals surface area contributed by atoms with E-state index < -0.39 is 0 Å². The van der Waals surface area contributed by atoms with Crippen LogP contribution in [-0.4, -0.2) is 34.3 Å². The SMILES string of the molecule is CC(C)(C)[C@H]1CCc2c(sc3ncn4nc(C56C[C@H]7C[C@@H](C5)CC(n5cnc(Cl)n5)(C7)C6)nc4c23)C1. The first-order chi connectivity index (χ1) is 17.2. The zero-order valence-electron chi connectivity index (χ0n) is 21.2. The molecule has 0 N–H and O–H groups in total. The number of halogens is 1. The minimum Gasteiger partial charge on any atom is -0.245 e. The van der Waals surface area contributed by atoms with Gasteiger partial charge in [0.2, 0.25) is 5.28 Å². The maximum absolute atomic E-state index is 6.17. The molecular weight excluding hydrogens is 490 g/mol. The Labute approximate surface area is 219 Å². The van der Waals surface area contributed by atoms with Crippen LogP contribution >= 0.6 is 22.9 Å². The molecule has 4 saturated carbocycles. The smallest absolute Gasteiger partial charge is 0.242 e. The van der Waals surface area contributed by atoms with Crippen LogP contribution in [0.2, 0.25) is 5.28 Å². The highest BCUT2D eigenvalue weighted by Crippen LogP contribution is 2.64. The molecule has 0 aromatic carbocycles. The topological polar surface area (TPSA) is 73.8 Å². The van der Waals surface area contributed by atoms with Gasteiger partial charge >= 0.3 is 0 Å². The fraction of sp³-hybridized carbons (Fsp3) is 0.667. The predicted molar refractivity (Wildman–Crippen MR) is 141 cm³/mol. The molecule has 4 heterocycles. The minimum atomic E-state index is -0.0151. The average molecular weight is 522 g/mol. The summed E-state index contributed by atoms with van der Waals surface area (Å²) in [5.41, 5.74) is 2.80. The van der Waals surface area contributed by atoms with Gasteiger partial charge in [0.1, 0.15) is 17.5 Å². The molecule has 188 valence electrons. The van der Waals surface area contributed by atoms with Crippen LogP contribution in [0, 0.1) is 23.2 Å². The molecule has 4 aromatic rings. The number of rotatable bonds is 2. The van der Waals surface area contributed by atoms with E-state index in [4.69, 9.17) is 26.7 Å². The molecule has 4 aromatic heterocycles. The summed E-state index contributed by atoms with van der Waals surface area (Å²) in [4.78, 5) is 17.1. The fourth-order valence-electron chi connectivity index (χ4n) is 8.75. The summed E-state index contributed by atoms with van der Waals surface area (Å²) in [5.74, 6) is 3.10. The number of thiophene rings is 1. The average Bonchev–Trinajstić information content (AvgIpc) is 3.53. The molecule has 0 saturated heterocycles.